The van der Waals surface area contributed by atoms with Gasteiger partial charge in [-0.1, -0.05) is 48.0 Å². The van der Waals surface area contributed by atoms with E-state index in [1.807, 2.05) is 0 Å². The van der Waals surface area contributed by atoms with Crippen molar-refractivity contribution in [1.82, 2.24) is 0 Å². The third kappa shape index (κ3) is 4.19. The summed E-state index contributed by atoms with van der Waals surface area (Å²) < 4.78 is 0. The minimum atomic E-state index is -0.0516. The second-order valence-corrected chi connectivity index (χ2v) is 9.99. The van der Waals surface area contributed by atoms with E-state index in [9.17, 15) is 10.1 Å². The number of rotatable bonds is 4. The second-order valence-electron chi connectivity index (χ2n) is 8.89. The van der Waals surface area contributed by atoms with Crippen LogP contribution in [0.5, 0.6) is 0 Å². The average Bonchev–Trinajstić information content (AvgIpc) is 2.80. The molecule has 1 aromatic rings. The summed E-state index contributed by atoms with van der Waals surface area (Å²) >= 11 is 1.62. The quantitative estimate of drug-likeness (QED) is 0.778. The number of hydrogen-bond donors (Lipinski definition) is 1. The van der Waals surface area contributed by atoms with Gasteiger partial charge in [0.15, 0.2) is 0 Å². The molecule has 4 heteroatoms. The molecule has 1 N–H and O–H groups in total. The first-order chi connectivity index (χ1) is 11.1. The predicted molar refractivity (Wildman–Crippen MR) is 101 cm³/mol. The zero-order valence-electron chi connectivity index (χ0n) is 15.9. The maximum absolute atomic E-state index is 12.3. The van der Waals surface area contributed by atoms with E-state index in [1.165, 1.54) is 16.9 Å². The molecule has 0 bridgehead atoms. The molecule has 132 valence electrons. The molecular weight excluding hydrogens is 316 g/mol. The van der Waals surface area contributed by atoms with Crippen molar-refractivity contribution in [2.75, 3.05) is 5.32 Å². The molecule has 24 heavy (non-hydrogen) atoms. The summed E-state index contributed by atoms with van der Waals surface area (Å²) in [6, 6.07) is 2.34. The zero-order chi connectivity index (χ0) is 18.1. The third-order valence-corrected chi connectivity index (χ3v) is 6.51. The number of carbonyl (C=O) groups excluding carboxylic acids is 1. The van der Waals surface area contributed by atoms with Crippen LogP contribution in [0.1, 0.15) is 76.8 Å². The first-order valence-corrected chi connectivity index (χ1v) is 9.73. The van der Waals surface area contributed by atoms with Crippen LogP contribution >= 0.6 is 11.3 Å². The van der Waals surface area contributed by atoms with Gasteiger partial charge >= 0.3 is 0 Å². The van der Waals surface area contributed by atoms with Crippen LogP contribution in [0.25, 0.3) is 0 Å². The van der Waals surface area contributed by atoms with Gasteiger partial charge in [0, 0.05) is 11.3 Å². The molecular formula is C20H30N2OS. The number of nitrogens with zero attached hydrogens (tertiary/aromatic N) is 1. The molecule has 0 radical (unpaired) electrons. The van der Waals surface area contributed by atoms with E-state index in [2.05, 4.69) is 52.9 Å². The Morgan fingerprint density at radius 2 is 2.00 bits per heavy atom. The lowest BCUT2D eigenvalue weighted by Gasteiger charge is -2.36. The summed E-state index contributed by atoms with van der Waals surface area (Å²) in [5, 5.41) is 13.3. The van der Waals surface area contributed by atoms with Crippen molar-refractivity contribution in [2.24, 2.45) is 16.7 Å². The molecule has 0 aliphatic heterocycles. The van der Waals surface area contributed by atoms with E-state index < -0.39 is 0 Å². The van der Waals surface area contributed by atoms with Crippen LogP contribution in [0, 0.1) is 28.1 Å². The normalized spacial score (nSPS) is 18.0. The fourth-order valence-electron chi connectivity index (χ4n) is 3.40. The number of anilines is 1. The number of hydrogen-bond acceptors (Lipinski definition) is 3. The van der Waals surface area contributed by atoms with Crippen LogP contribution in [0.3, 0.4) is 0 Å². The highest BCUT2D eigenvalue weighted by Crippen LogP contribution is 2.45. The summed E-state index contributed by atoms with van der Waals surface area (Å²) in [6.07, 6.45) is 4.75. The molecule has 1 aliphatic rings. The van der Waals surface area contributed by atoms with Gasteiger partial charge in [0.1, 0.15) is 11.1 Å². The first kappa shape index (κ1) is 19.0. The van der Waals surface area contributed by atoms with Crippen LogP contribution in [0.15, 0.2) is 0 Å². The Morgan fingerprint density at radius 1 is 1.33 bits per heavy atom. The number of carbonyl (C=O) groups is 1. The number of nitrogens with one attached hydrogen (secondary N) is 1. The predicted octanol–water partition coefficient (Wildman–Crippen LogP) is 5.54. The van der Waals surface area contributed by atoms with Gasteiger partial charge < -0.3 is 5.32 Å². The van der Waals surface area contributed by atoms with Crippen LogP contribution in [-0.4, -0.2) is 5.91 Å². The van der Waals surface area contributed by atoms with E-state index in [1.54, 1.807) is 11.3 Å². The number of nitriles is 1. The molecule has 1 unspecified atom stereocenters. The molecule has 0 saturated heterocycles. The van der Waals surface area contributed by atoms with Crippen LogP contribution in [0.4, 0.5) is 5.00 Å². The van der Waals surface area contributed by atoms with Crippen LogP contribution in [0.2, 0.25) is 0 Å². The smallest absolute Gasteiger partial charge is 0.225 e. The molecule has 1 atom stereocenters. The first-order valence-electron chi connectivity index (χ1n) is 8.92. The van der Waals surface area contributed by atoms with E-state index in [0.717, 1.165) is 24.3 Å². The van der Waals surface area contributed by atoms with Gasteiger partial charge in [0.05, 0.1) is 5.56 Å². The largest absolute Gasteiger partial charge is 0.317 e. The molecule has 3 nitrogen and oxygen atoms in total. The van der Waals surface area contributed by atoms with Gasteiger partial charge in [-0.2, -0.15) is 5.26 Å². The maximum atomic E-state index is 12.3. The lowest BCUT2D eigenvalue weighted by Crippen LogP contribution is -2.28. The third-order valence-electron chi connectivity index (χ3n) is 5.34. The molecule has 1 heterocycles. The van der Waals surface area contributed by atoms with Gasteiger partial charge in [-0.25, -0.2) is 0 Å². The number of fused-ring (bicyclic) bond motifs is 1. The molecule has 2 rings (SSSR count). The van der Waals surface area contributed by atoms with Gasteiger partial charge in [-0.05, 0) is 41.6 Å². The Balaban J connectivity index is 2.23. The standard InChI is InChI=1S/C20H30N2OS/c1-7-20(5,6)13-8-9-14-15(12-21)18(24-16(14)10-13)22-17(23)11-19(2,3)4/h13H,7-11H2,1-6H3,(H,22,23). The van der Waals surface area contributed by atoms with Crippen molar-refractivity contribution in [3.63, 3.8) is 0 Å². The van der Waals surface area contributed by atoms with Crippen LogP contribution in [-0.2, 0) is 17.6 Å². The lowest BCUT2D eigenvalue weighted by molar-refractivity contribution is -0.117. The SMILES string of the molecule is CCC(C)(C)C1CCc2c(sc(NC(=O)CC(C)(C)C)c2C#N)C1. The summed E-state index contributed by atoms with van der Waals surface area (Å²) in [6.45, 7) is 13.1. The maximum Gasteiger partial charge on any atom is 0.225 e. The number of amides is 1. The molecule has 0 aromatic carbocycles. The zero-order valence-corrected chi connectivity index (χ0v) is 16.7. The number of thiophene rings is 1. The summed E-state index contributed by atoms with van der Waals surface area (Å²) in [5.41, 5.74) is 2.15. The van der Waals surface area contributed by atoms with Gasteiger partial charge in [0.2, 0.25) is 5.91 Å². The Bertz CT molecular complexity index is 658. The lowest BCUT2D eigenvalue weighted by atomic mass is 9.69. The molecule has 1 aliphatic carbocycles. The van der Waals surface area contributed by atoms with E-state index >= 15 is 0 Å². The Labute approximate surface area is 150 Å². The summed E-state index contributed by atoms with van der Waals surface area (Å²) in [4.78, 5) is 13.6. The molecule has 1 amide bonds. The minimum Gasteiger partial charge on any atom is -0.317 e. The van der Waals surface area contributed by atoms with Crippen molar-refractivity contribution >= 4 is 22.2 Å². The molecule has 1 aromatic heterocycles. The average molecular weight is 347 g/mol. The van der Waals surface area contributed by atoms with Gasteiger partial charge in [0.25, 0.3) is 0 Å². The monoisotopic (exact) mass is 346 g/mol. The molecule has 0 fully saturated rings. The van der Waals surface area contributed by atoms with Crippen molar-refractivity contribution in [2.45, 2.75) is 73.6 Å². The fourth-order valence-corrected chi connectivity index (χ4v) is 4.69. The van der Waals surface area contributed by atoms with Crippen molar-refractivity contribution in [3.05, 3.63) is 16.0 Å². The Hall–Kier alpha value is -1.34. The Morgan fingerprint density at radius 3 is 2.54 bits per heavy atom. The van der Waals surface area contributed by atoms with Gasteiger partial charge in [-0.15, -0.1) is 11.3 Å². The topological polar surface area (TPSA) is 52.9 Å². The molecule has 0 spiro atoms. The van der Waals surface area contributed by atoms with E-state index in [-0.39, 0.29) is 11.3 Å². The van der Waals surface area contributed by atoms with Crippen molar-refractivity contribution in [3.8, 4) is 6.07 Å². The summed E-state index contributed by atoms with van der Waals surface area (Å²) in [5.74, 6) is 0.654. The van der Waals surface area contributed by atoms with Gasteiger partial charge in [-0.3, -0.25) is 4.79 Å². The highest BCUT2D eigenvalue weighted by molar-refractivity contribution is 7.16. The molecule has 0 saturated carbocycles. The van der Waals surface area contributed by atoms with Crippen LogP contribution < -0.4 is 5.32 Å². The fraction of sp³-hybridized carbons (Fsp3) is 0.700. The highest BCUT2D eigenvalue weighted by Gasteiger charge is 2.34. The second kappa shape index (κ2) is 6.88. The minimum absolute atomic E-state index is 0.00281. The van der Waals surface area contributed by atoms with Crippen molar-refractivity contribution < 1.29 is 4.79 Å². The highest BCUT2D eigenvalue weighted by atomic mass is 32.1. The van der Waals surface area contributed by atoms with E-state index in [4.69, 9.17) is 0 Å². The van der Waals surface area contributed by atoms with Crippen molar-refractivity contribution in [1.29, 1.82) is 5.26 Å². The Kier molecular flexibility index (Phi) is 5.44. The summed E-state index contributed by atoms with van der Waals surface area (Å²) in [7, 11) is 0. The van der Waals surface area contributed by atoms with E-state index in [0.29, 0.717) is 23.3 Å².